The van der Waals surface area contributed by atoms with E-state index in [0.717, 1.165) is 23.6 Å². The van der Waals surface area contributed by atoms with Crippen molar-refractivity contribution in [3.05, 3.63) is 36.4 Å². The Hall–Kier alpha value is -1.90. The third-order valence-corrected chi connectivity index (χ3v) is 2.75. The van der Waals surface area contributed by atoms with E-state index in [0.29, 0.717) is 11.7 Å². The molecule has 1 aliphatic rings. The molecule has 0 radical (unpaired) electrons. The molecule has 0 heterocycles. The minimum Gasteiger partial charge on any atom is -0.505 e. The molecule has 2 aromatic rings. The van der Waals surface area contributed by atoms with E-state index in [9.17, 15) is 5.11 Å². The highest BCUT2D eigenvalue weighted by atomic mass is 16.3. The van der Waals surface area contributed by atoms with Gasteiger partial charge >= 0.3 is 0 Å². The predicted octanol–water partition coefficient (Wildman–Crippen LogP) is 3.79. The van der Waals surface area contributed by atoms with Gasteiger partial charge in [0, 0.05) is 5.39 Å². The van der Waals surface area contributed by atoms with E-state index in [1.165, 1.54) is 0 Å². The average molecular weight is 212 g/mol. The van der Waals surface area contributed by atoms with Crippen LogP contribution in [0.3, 0.4) is 0 Å². The highest BCUT2D eigenvalue weighted by molar-refractivity contribution is 5.92. The standard InChI is InChI=1S/C13H12N2O/c16-13-11-4-2-1-3-9(11)5-8-12(13)15-14-10-6-7-10/h1-5,8,10,16H,6-7H2. The summed E-state index contributed by atoms with van der Waals surface area (Å²) in [5.74, 6) is 0.225. The molecule has 3 rings (SSSR count). The average Bonchev–Trinajstić information content (AvgIpc) is 3.13. The summed E-state index contributed by atoms with van der Waals surface area (Å²) in [5.41, 5.74) is 0.561. The molecule has 80 valence electrons. The van der Waals surface area contributed by atoms with Gasteiger partial charge in [-0.15, -0.1) is 0 Å². The molecule has 0 bridgehead atoms. The minimum absolute atomic E-state index is 0.225. The summed E-state index contributed by atoms with van der Waals surface area (Å²) in [5, 5.41) is 20.1. The molecule has 0 aliphatic heterocycles. The van der Waals surface area contributed by atoms with E-state index < -0.39 is 0 Å². The molecule has 0 aromatic heterocycles. The molecule has 3 nitrogen and oxygen atoms in total. The summed E-state index contributed by atoms with van der Waals surface area (Å²) in [6.07, 6.45) is 2.25. The van der Waals surface area contributed by atoms with E-state index in [4.69, 9.17) is 0 Å². The van der Waals surface area contributed by atoms with Crippen molar-refractivity contribution in [3.8, 4) is 5.75 Å². The zero-order chi connectivity index (χ0) is 11.0. The topological polar surface area (TPSA) is 45.0 Å². The molecule has 0 amide bonds. The van der Waals surface area contributed by atoms with Gasteiger partial charge in [-0.1, -0.05) is 30.3 Å². The lowest BCUT2D eigenvalue weighted by Gasteiger charge is -2.02. The zero-order valence-electron chi connectivity index (χ0n) is 8.80. The molecular weight excluding hydrogens is 200 g/mol. The third kappa shape index (κ3) is 1.65. The maximum Gasteiger partial charge on any atom is 0.150 e. The van der Waals surface area contributed by atoms with Crippen molar-refractivity contribution in [2.75, 3.05) is 0 Å². The molecule has 1 N–H and O–H groups in total. The van der Waals surface area contributed by atoms with E-state index >= 15 is 0 Å². The summed E-state index contributed by atoms with van der Waals surface area (Å²) in [6.45, 7) is 0. The lowest BCUT2D eigenvalue weighted by molar-refractivity contribution is 0.482. The molecule has 0 saturated heterocycles. The van der Waals surface area contributed by atoms with Crippen LogP contribution in [0, 0.1) is 0 Å². The maximum absolute atomic E-state index is 10.0. The second-order valence-corrected chi connectivity index (χ2v) is 4.10. The van der Waals surface area contributed by atoms with Crippen LogP contribution in [-0.4, -0.2) is 11.1 Å². The molecule has 0 unspecified atom stereocenters. The number of hydrogen-bond acceptors (Lipinski definition) is 3. The van der Waals surface area contributed by atoms with Crippen molar-refractivity contribution in [1.29, 1.82) is 0 Å². The van der Waals surface area contributed by atoms with Crippen molar-refractivity contribution in [3.63, 3.8) is 0 Å². The zero-order valence-corrected chi connectivity index (χ0v) is 8.80. The molecule has 1 fully saturated rings. The first-order valence-electron chi connectivity index (χ1n) is 5.46. The fourth-order valence-electron chi connectivity index (χ4n) is 1.66. The lowest BCUT2D eigenvalue weighted by atomic mass is 10.1. The Morgan fingerprint density at radius 1 is 1.06 bits per heavy atom. The first-order chi connectivity index (χ1) is 7.84. The molecule has 2 aromatic carbocycles. The first-order valence-corrected chi connectivity index (χ1v) is 5.46. The van der Waals surface area contributed by atoms with Crippen LogP contribution < -0.4 is 0 Å². The number of benzene rings is 2. The highest BCUT2D eigenvalue weighted by Crippen LogP contribution is 2.35. The third-order valence-electron chi connectivity index (χ3n) is 2.75. The van der Waals surface area contributed by atoms with Gasteiger partial charge in [-0.05, 0) is 24.3 Å². The van der Waals surface area contributed by atoms with Gasteiger partial charge in [-0.2, -0.15) is 10.2 Å². The lowest BCUT2D eigenvalue weighted by Crippen LogP contribution is -1.75. The van der Waals surface area contributed by atoms with Crippen molar-refractivity contribution in [2.24, 2.45) is 10.2 Å². The van der Waals surface area contributed by atoms with Crippen molar-refractivity contribution in [1.82, 2.24) is 0 Å². The van der Waals surface area contributed by atoms with E-state index in [1.54, 1.807) is 0 Å². The summed E-state index contributed by atoms with van der Waals surface area (Å²) < 4.78 is 0. The first kappa shape index (κ1) is 9.33. The molecular formula is C13H12N2O. The van der Waals surface area contributed by atoms with Gasteiger partial charge in [-0.3, -0.25) is 0 Å². The minimum atomic E-state index is 0.225. The van der Waals surface area contributed by atoms with Crippen LogP contribution in [0.25, 0.3) is 10.8 Å². The summed E-state index contributed by atoms with van der Waals surface area (Å²) in [6, 6.07) is 11.9. The monoisotopic (exact) mass is 212 g/mol. The molecule has 3 heteroatoms. The highest BCUT2D eigenvalue weighted by Gasteiger charge is 2.20. The van der Waals surface area contributed by atoms with Crippen LogP contribution in [0.2, 0.25) is 0 Å². The van der Waals surface area contributed by atoms with Crippen LogP contribution in [0.5, 0.6) is 5.75 Å². The van der Waals surface area contributed by atoms with Gasteiger partial charge in [0.2, 0.25) is 0 Å². The van der Waals surface area contributed by atoms with Crippen LogP contribution in [0.4, 0.5) is 5.69 Å². The molecule has 1 aliphatic carbocycles. The van der Waals surface area contributed by atoms with Crippen molar-refractivity contribution >= 4 is 16.5 Å². The molecule has 16 heavy (non-hydrogen) atoms. The Kier molecular flexibility index (Phi) is 2.10. The van der Waals surface area contributed by atoms with Gasteiger partial charge in [0.1, 0.15) is 5.69 Å². The van der Waals surface area contributed by atoms with E-state index in [2.05, 4.69) is 10.2 Å². The SMILES string of the molecule is Oc1c(N=NC2CC2)ccc2ccccc12. The quantitative estimate of drug-likeness (QED) is 0.756. The Morgan fingerprint density at radius 3 is 2.69 bits per heavy atom. The molecule has 0 spiro atoms. The number of nitrogens with zero attached hydrogens (tertiary/aromatic N) is 2. The Labute approximate surface area is 93.4 Å². The number of aromatic hydroxyl groups is 1. The van der Waals surface area contributed by atoms with Crippen LogP contribution >= 0.6 is 0 Å². The van der Waals surface area contributed by atoms with Gasteiger partial charge in [-0.25, -0.2) is 0 Å². The Bertz CT molecular complexity index is 559. The Balaban J connectivity index is 2.08. The number of azo groups is 1. The normalized spacial score (nSPS) is 16.0. The maximum atomic E-state index is 10.0. The van der Waals surface area contributed by atoms with Crippen molar-refractivity contribution in [2.45, 2.75) is 18.9 Å². The number of hydrogen-bond donors (Lipinski definition) is 1. The summed E-state index contributed by atoms with van der Waals surface area (Å²) >= 11 is 0. The second-order valence-electron chi connectivity index (χ2n) is 4.10. The Morgan fingerprint density at radius 2 is 1.88 bits per heavy atom. The van der Waals surface area contributed by atoms with Crippen LogP contribution in [-0.2, 0) is 0 Å². The van der Waals surface area contributed by atoms with Crippen LogP contribution in [0.1, 0.15) is 12.8 Å². The number of phenolic OH excluding ortho intramolecular Hbond substituents is 1. The summed E-state index contributed by atoms with van der Waals surface area (Å²) in [4.78, 5) is 0. The van der Waals surface area contributed by atoms with Gasteiger partial charge < -0.3 is 5.11 Å². The fourth-order valence-corrected chi connectivity index (χ4v) is 1.66. The van der Waals surface area contributed by atoms with Crippen molar-refractivity contribution < 1.29 is 5.11 Å². The van der Waals surface area contributed by atoms with E-state index in [1.807, 2.05) is 36.4 Å². The van der Waals surface area contributed by atoms with Gasteiger partial charge in [0.15, 0.2) is 5.75 Å². The predicted molar refractivity (Wildman–Crippen MR) is 63.2 cm³/mol. The van der Waals surface area contributed by atoms with E-state index in [-0.39, 0.29) is 5.75 Å². The smallest absolute Gasteiger partial charge is 0.150 e. The number of rotatable bonds is 2. The summed E-state index contributed by atoms with van der Waals surface area (Å²) in [7, 11) is 0. The number of phenols is 1. The van der Waals surface area contributed by atoms with Gasteiger partial charge in [0.05, 0.1) is 6.04 Å². The second kappa shape index (κ2) is 3.59. The number of fused-ring (bicyclic) bond motifs is 1. The molecule has 1 saturated carbocycles. The largest absolute Gasteiger partial charge is 0.505 e. The molecule has 0 atom stereocenters. The van der Waals surface area contributed by atoms with Crippen LogP contribution in [0.15, 0.2) is 46.6 Å². The van der Waals surface area contributed by atoms with Gasteiger partial charge in [0.25, 0.3) is 0 Å². The fraction of sp³-hybridized carbons (Fsp3) is 0.231.